The summed E-state index contributed by atoms with van der Waals surface area (Å²) >= 11 is 6.74. The molecule has 0 spiro atoms. The van der Waals surface area contributed by atoms with E-state index in [1.807, 2.05) is 24.3 Å². The third kappa shape index (κ3) is 4.14. The molecular weight excluding hydrogens is 393 g/mol. The van der Waals surface area contributed by atoms with Gasteiger partial charge in [-0.05, 0) is 27.3 Å². The number of rotatable bonds is 4. The molecule has 0 saturated carbocycles. The Labute approximate surface area is 177 Å². The number of aliphatic hydroxyl groups excluding tert-OH is 1. The molecule has 28 heavy (non-hydrogen) atoms. The van der Waals surface area contributed by atoms with Gasteiger partial charge < -0.3 is 15.9 Å². The minimum atomic E-state index is -1.52. The standard InChI is InChI=1S/C23H28ClNO2.ClH/c1-14(13-26)23(25,27)12-20-16-7-5-6-8-17(16)21(24)18-10-9-15(11-19(18)20)22(2,3)4;/h5-11,14,26-27H,12-13,25H2,1-4H3;1H. The predicted octanol–water partition coefficient (Wildman–Crippen LogP) is 5.18. The fourth-order valence-electron chi connectivity index (χ4n) is 3.49. The van der Waals surface area contributed by atoms with Crippen molar-refractivity contribution in [2.45, 2.75) is 45.3 Å². The number of aliphatic hydroxyl groups is 2. The van der Waals surface area contributed by atoms with Crippen LogP contribution in [-0.4, -0.2) is 22.5 Å². The third-order valence-corrected chi connectivity index (χ3v) is 5.93. The maximum atomic E-state index is 10.8. The van der Waals surface area contributed by atoms with Crippen LogP contribution < -0.4 is 5.73 Å². The number of fused-ring (bicyclic) bond motifs is 2. The van der Waals surface area contributed by atoms with Crippen molar-refractivity contribution in [1.29, 1.82) is 0 Å². The molecule has 3 aromatic rings. The summed E-state index contributed by atoms with van der Waals surface area (Å²) in [6.07, 6.45) is 0.233. The molecule has 0 aliphatic carbocycles. The van der Waals surface area contributed by atoms with Gasteiger partial charge in [0.25, 0.3) is 0 Å². The van der Waals surface area contributed by atoms with Crippen molar-refractivity contribution in [2.24, 2.45) is 11.7 Å². The molecule has 2 unspecified atom stereocenters. The molecular formula is C23H29Cl2NO2. The highest BCUT2D eigenvalue weighted by atomic mass is 35.5. The second-order valence-corrected chi connectivity index (χ2v) is 8.98. The number of benzene rings is 3. The highest BCUT2D eigenvalue weighted by Gasteiger charge is 2.31. The van der Waals surface area contributed by atoms with Gasteiger partial charge in [0.05, 0.1) is 5.02 Å². The van der Waals surface area contributed by atoms with Gasteiger partial charge >= 0.3 is 0 Å². The average Bonchev–Trinajstić information content (AvgIpc) is 2.63. The zero-order valence-corrected chi connectivity index (χ0v) is 18.4. The molecule has 0 saturated heterocycles. The molecule has 152 valence electrons. The lowest BCUT2D eigenvalue weighted by atomic mass is 9.82. The summed E-state index contributed by atoms with van der Waals surface area (Å²) in [5.41, 5.74) is 6.83. The summed E-state index contributed by atoms with van der Waals surface area (Å²) in [6, 6.07) is 14.2. The molecule has 3 aromatic carbocycles. The van der Waals surface area contributed by atoms with Crippen LogP contribution in [0.1, 0.15) is 38.8 Å². The van der Waals surface area contributed by atoms with Gasteiger partial charge in [0.15, 0.2) is 0 Å². The Morgan fingerprint density at radius 3 is 2.14 bits per heavy atom. The predicted molar refractivity (Wildman–Crippen MR) is 122 cm³/mol. The van der Waals surface area contributed by atoms with Crippen molar-refractivity contribution < 1.29 is 10.2 Å². The molecule has 0 aromatic heterocycles. The van der Waals surface area contributed by atoms with Crippen molar-refractivity contribution in [3.63, 3.8) is 0 Å². The third-order valence-electron chi connectivity index (χ3n) is 5.52. The van der Waals surface area contributed by atoms with E-state index in [0.29, 0.717) is 5.02 Å². The average molecular weight is 422 g/mol. The monoisotopic (exact) mass is 421 g/mol. The maximum absolute atomic E-state index is 10.8. The Bertz CT molecular complexity index is 993. The van der Waals surface area contributed by atoms with E-state index in [9.17, 15) is 10.2 Å². The van der Waals surface area contributed by atoms with Crippen molar-refractivity contribution >= 4 is 45.6 Å². The van der Waals surface area contributed by atoms with E-state index in [4.69, 9.17) is 17.3 Å². The summed E-state index contributed by atoms with van der Waals surface area (Å²) < 4.78 is 0. The zero-order chi connectivity index (χ0) is 20.0. The van der Waals surface area contributed by atoms with Gasteiger partial charge in [-0.15, -0.1) is 12.4 Å². The zero-order valence-electron chi connectivity index (χ0n) is 16.8. The van der Waals surface area contributed by atoms with Crippen LogP contribution in [0, 0.1) is 5.92 Å². The largest absolute Gasteiger partial charge is 0.396 e. The van der Waals surface area contributed by atoms with E-state index in [1.165, 1.54) is 5.56 Å². The molecule has 0 heterocycles. The topological polar surface area (TPSA) is 66.5 Å². The van der Waals surface area contributed by atoms with Crippen LogP contribution in [-0.2, 0) is 11.8 Å². The van der Waals surface area contributed by atoms with E-state index in [2.05, 4.69) is 39.0 Å². The number of hydrogen-bond acceptors (Lipinski definition) is 3. The minimum Gasteiger partial charge on any atom is -0.396 e. The van der Waals surface area contributed by atoms with E-state index >= 15 is 0 Å². The first-order valence-electron chi connectivity index (χ1n) is 9.31. The molecule has 3 nitrogen and oxygen atoms in total. The summed E-state index contributed by atoms with van der Waals surface area (Å²) in [7, 11) is 0. The van der Waals surface area contributed by atoms with Crippen molar-refractivity contribution in [1.82, 2.24) is 0 Å². The van der Waals surface area contributed by atoms with Gasteiger partial charge in [-0.25, -0.2) is 0 Å². The van der Waals surface area contributed by atoms with Crippen LogP contribution >= 0.6 is 24.0 Å². The fourth-order valence-corrected chi connectivity index (χ4v) is 3.82. The molecule has 0 radical (unpaired) electrons. The Morgan fingerprint density at radius 1 is 1.00 bits per heavy atom. The number of halogens is 2. The Kier molecular flexibility index (Phi) is 6.69. The number of nitrogens with two attached hydrogens (primary N) is 1. The molecule has 0 aliphatic rings. The van der Waals surface area contributed by atoms with Crippen LogP contribution in [0.5, 0.6) is 0 Å². The summed E-state index contributed by atoms with van der Waals surface area (Å²) in [5, 5.41) is 24.9. The van der Waals surface area contributed by atoms with Gasteiger partial charge in [-0.1, -0.05) is 81.8 Å². The quantitative estimate of drug-likeness (QED) is 0.401. The SMILES string of the molecule is CC(CO)C(N)(O)Cc1c2ccccc2c(Cl)c2ccc(C(C)(C)C)cc12.Cl. The van der Waals surface area contributed by atoms with Crippen LogP contribution in [0.3, 0.4) is 0 Å². The van der Waals surface area contributed by atoms with Gasteiger partial charge in [-0.2, -0.15) is 0 Å². The van der Waals surface area contributed by atoms with Gasteiger partial charge in [-0.3, -0.25) is 0 Å². The van der Waals surface area contributed by atoms with Crippen molar-refractivity contribution in [3.8, 4) is 0 Å². The molecule has 4 N–H and O–H groups in total. The first-order chi connectivity index (χ1) is 12.6. The first kappa shape index (κ1) is 22.9. The summed E-state index contributed by atoms with van der Waals surface area (Å²) in [4.78, 5) is 0. The lowest BCUT2D eigenvalue weighted by Gasteiger charge is -2.30. The van der Waals surface area contributed by atoms with E-state index in [0.717, 1.165) is 27.1 Å². The Balaban J connectivity index is 0.00000280. The molecule has 0 amide bonds. The van der Waals surface area contributed by atoms with Gasteiger partial charge in [0.2, 0.25) is 0 Å². The highest BCUT2D eigenvalue weighted by molar-refractivity contribution is 6.41. The molecule has 2 atom stereocenters. The first-order valence-corrected chi connectivity index (χ1v) is 9.69. The molecule has 0 fully saturated rings. The van der Waals surface area contributed by atoms with Gasteiger partial charge in [0.1, 0.15) is 5.72 Å². The second kappa shape index (κ2) is 8.17. The van der Waals surface area contributed by atoms with Crippen molar-refractivity contribution in [2.75, 3.05) is 6.61 Å². The normalized spacial score (nSPS) is 15.3. The second-order valence-electron chi connectivity index (χ2n) is 8.60. The highest BCUT2D eigenvalue weighted by Crippen LogP contribution is 2.39. The smallest absolute Gasteiger partial charge is 0.122 e. The lowest BCUT2D eigenvalue weighted by molar-refractivity contribution is -0.0261. The Morgan fingerprint density at radius 2 is 1.57 bits per heavy atom. The van der Waals surface area contributed by atoms with E-state index in [1.54, 1.807) is 6.92 Å². The summed E-state index contributed by atoms with van der Waals surface area (Å²) in [5.74, 6) is -0.451. The number of hydrogen-bond donors (Lipinski definition) is 3. The maximum Gasteiger partial charge on any atom is 0.122 e. The Hall–Kier alpha value is -1.36. The van der Waals surface area contributed by atoms with Crippen LogP contribution in [0.15, 0.2) is 42.5 Å². The molecule has 5 heteroatoms. The van der Waals surface area contributed by atoms with Gasteiger partial charge in [0, 0.05) is 29.7 Å². The van der Waals surface area contributed by atoms with E-state index in [-0.39, 0.29) is 30.8 Å². The molecule has 3 rings (SSSR count). The van der Waals surface area contributed by atoms with Crippen LogP contribution in [0.4, 0.5) is 0 Å². The lowest BCUT2D eigenvalue weighted by Crippen LogP contribution is -2.49. The van der Waals surface area contributed by atoms with Crippen molar-refractivity contribution in [3.05, 3.63) is 58.6 Å². The summed E-state index contributed by atoms with van der Waals surface area (Å²) in [6.45, 7) is 8.08. The molecule has 0 bridgehead atoms. The van der Waals surface area contributed by atoms with Crippen LogP contribution in [0.25, 0.3) is 21.5 Å². The van der Waals surface area contributed by atoms with E-state index < -0.39 is 11.6 Å². The fraction of sp³-hybridized carbons (Fsp3) is 0.391. The molecule has 0 aliphatic heterocycles. The minimum absolute atomic E-state index is 0. The van der Waals surface area contributed by atoms with Crippen LogP contribution in [0.2, 0.25) is 5.02 Å².